The Morgan fingerprint density at radius 1 is 1.09 bits per heavy atom. The molecule has 0 unspecified atom stereocenters. The third-order valence-electron chi connectivity index (χ3n) is 3.82. The minimum atomic E-state index is -0.264. The monoisotopic (exact) mass is 319 g/mol. The summed E-state index contributed by atoms with van der Waals surface area (Å²) in [6.45, 7) is 7.27. The Bertz CT molecular complexity index is 558. The number of nitrogens with zero attached hydrogens (tertiary/aromatic N) is 3. The second-order valence-electron chi connectivity index (χ2n) is 5.10. The van der Waals surface area contributed by atoms with Gasteiger partial charge in [0, 0.05) is 13.1 Å². The van der Waals surface area contributed by atoms with Gasteiger partial charge in [-0.1, -0.05) is 32.0 Å². The highest BCUT2D eigenvalue weighted by Gasteiger charge is 2.35. The SMILES string of the molecule is CCN(CC)CCN1C(=O)CC(=O)N(c2ccccc2)C1=S. The van der Waals surface area contributed by atoms with Crippen molar-refractivity contribution in [3.8, 4) is 0 Å². The van der Waals surface area contributed by atoms with E-state index in [4.69, 9.17) is 12.2 Å². The van der Waals surface area contributed by atoms with E-state index in [9.17, 15) is 9.59 Å². The Balaban J connectivity index is 2.15. The molecule has 0 spiro atoms. The number of benzene rings is 1. The third-order valence-corrected chi connectivity index (χ3v) is 4.23. The molecule has 118 valence electrons. The largest absolute Gasteiger partial charge is 0.302 e. The summed E-state index contributed by atoms with van der Waals surface area (Å²) in [5.41, 5.74) is 0.706. The molecule has 0 radical (unpaired) electrons. The zero-order chi connectivity index (χ0) is 16.1. The Labute approximate surface area is 136 Å². The molecule has 0 bridgehead atoms. The van der Waals surface area contributed by atoms with Crippen molar-refractivity contribution < 1.29 is 9.59 Å². The summed E-state index contributed by atoms with van der Waals surface area (Å²) in [5, 5.41) is 0.277. The number of carbonyl (C=O) groups excluding carboxylic acids is 2. The van der Waals surface area contributed by atoms with Gasteiger partial charge < -0.3 is 4.90 Å². The molecule has 1 saturated heterocycles. The van der Waals surface area contributed by atoms with Gasteiger partial charge in [0.15, 0.2) is 5.11 Å². The maximum Gasteiger partial charge on any atom is 0.242 e. The molecule has 6 heteroatoms. The van der Waals surface area contributed by atoms with Crippen LogP contribution in [0.5, 0.6) is 0 Å². The minimum Gasteiger partial charge on any atom is -0.302 e. The van der Waals surface area contributed by atoms with E-state index in [1.165, 1.54) is 4.90 Å². The predicted octanol–water partition coefficient (Wildman–Crippen LogP) is 1.88. The van der Waals surface area contributed by atoms with Crippen LogP contribution < -0.4 is 4.90 Å². The van der Waals surface area contributed by atoms with Gasteiger partial charge >= 0.3 is 0 Å². The van der Waals surface area contributed by atoms with Gasteiger partial charge in [-0.15, -0.1) is 0 Å². The van der Waals surface area contributed by atoms with Gasteiger partial charge in [0.05, 0.1) is 5.69 Å². The van der Waals surface area contributed by atoms with Crippen molar-refractivity contribution in [1.82, 2.24) is 9.80 Å². The van der Waals surface area contributed by atoms with Crippen LogP contribution in [0.2, 0.25) is 0 Å². The Morgan fingerprint density at radius 3 is 2.32 bits per heavy atom. The molecule has 0 saturated carbocycles. The molecule has 2 amide bonds. The fourth-order valence-electron chi connectivity index (χ4n) is 2.47. The molecule has 5 nitrogen and oxygen atoms in total. The summed E-state index contributed by atoms with van der Waals surface area (Å²) in [6.07, 6.45) is -0.132. The highest BCUT2D eigenvalue weighted by atomic mass is 32.1. The lowest BCUT2D eigenvalue weighted by molar-refractivity contribution is -0.133. The second kappa shape index (κ2) is 7.47. The van der Waals surface area contributed by atoms with E-state index in [1.807, 2.05) is 30.3 Å². The predicted molar refractivity (Wildman–Crippen MR) is 90.6 cm³/mol. The van der Waals surface area contributed by atoms with Gasteiger partial charge in [0.1, 0.15) is 6.42 Å². The zero-order valence-corrected chi connectivity index (χ0v) is 13.8. The van der Waals surface area contributed by atoms with Crippen molar-refractivity contribution in [2.75, 3.05) is 31.1 Å². The first-order chi connectivity index (χ1) is 10.6. The highest BCUT2D eigenvalue weighted by molar-refractivity contribution is 7.80. The van der Waals surface area contributed by atoms with Crippen molar-refractivity contribution in [2.24, 2.45) is 0 Å². The van der Waals surface area contributed by atoms with Gasteiger partial charge in [-0.05, 0) is 37.4 Å². The van der Waals surface area contributed by atoms with E-state index < -0.39 is 0 Å². The molecule has 1 aromatic rings. The first-order valence-electron chi connectivity index (χ1n) is 7.53. The van der Waals surface area contributed by atoms with Crippen molar-refractivity contribution in [3.63, 3.8) is 0 Å². The van der Waals surface area contributed by atoms with Crippen LogP contribution in [0.4, 0.5) is 5.69 Å². The van der Waals surface area contributed by atoms with E-state index in [1.54, 1.807) is 4.90 Å². The summed E-state index contributed by atoms with van der Waals surface area (Å²) in [7, 11) is 0. The average Bonchev–Trinajstić information content (AvgIpc) is 2.51. The number of hydrogen-bond donors (Lipinski definition) is 0. The summed E-state index contributed by atoms with van der Waals surface area (Å²) in [4.78, 5) is 29.6. The summed E-state index contributed by atoms with van der Waals surface area (Å²) < 4.78 is 0. The molecule has 0 N–H and O–H groups in total. The number of carbonyl (C=O) groups is 2. The number of hydrogen-bond acceptors (Lipinski definition) is 4. The Kier molecular flexibility index (Phi) is 5.63. The van der Waals surface area contributed by atoms with Gasteiger partial charge in [0.25, 0.3) is 0 Å². The minimum absolute atomic E-state index is 0.132. The lowest BCUT2D eigenvalue weighted by atomic mass is 10.2. The normalized spacial score (nSPS) is 15.9. The number of thiocarbonyl (C=S) groups is 1. The molecule has 0 aromatic heterocycles. The van der Waals surface area contributed by atoms with E-state index >= 15 is 0 Å². The Morgan fingerprint density at radius 2 is 1.73 bits per heavy atom. The molecule has 0 atom stereocenters. The maximum absolute atomic E-state index is 12.2. The number of amides is 2. The van der Waals surface area contributed by atoms with Crippen LogP contribution in [0.25, 0.3) is 0 Å². The average molecular weight is 319 g/mol. The molecule has 0 aliphatic carbocycles. The summed E-state index contributed by atoms with van der Waals surface area (Å²) in [5.74, 6) is -0.477. The van der Waals surface area contributed by atoms with Crippen LogP contribution in [0.15, 0.2) is 30.3 Å². The molecule has 1 fully saturated rings. The first-order valence-corrected chi connectivity index (χ1v) is 7.94. The van der Waals surface area contributed by atoms with Crippen LogP contribution in [0, 0.1) is 0 Å². The lowest BCUT2D eigenvalue weighted by Crippen LogP contribution is -2.56. The number of anilines is 1. The number of likely N-dealkylation sites (N-methyl/N-ethyl adjacent to an activating group) is 1. The van der Waals surface area contributed by atoms with Gasteiger partial charge in [-0.3, -0.25) is 19.4 Å². The standard InChI is InChI=1S/C16H21N3O2S/c1-3-17(4-2)10-11-18-14(20)12-15(21)19(16(18)22)13-8-6-5-7-9-13/h5-9H,3-4,10-12H2,1-2H3. The molecule has 1 aliphatic rings. The van der Waals surface area contributed by atoms with Crippen LogP contribution in [0.1, 0.15) is 20.3 Å². The van der Waals surface area contributed by atoms with Crippen LogP contribution >= 0.6 is 12.2 Å². The third kappa shape index (κ3) is 3.51. The molecule has 1 aliphatic heterocycles. The molecule has 22 heavy (non-hydrogen) atoms. The fraction of sp³-hybridized carbons (Fsp3) is 0.438. The van der Waals surface area contributed by atoms with Crippen molar-refractivity contribution in [2.45, 2.75) is 20.3 Å². The summed E-state index contributed by atoms with van der Waals surface area (Å²) >= 11 is 5.40. The summed E-state index contributed by atoms with van der Waals surface area (Å²) in [6, 6.07) is 9.22. The Hall–Kier alpha value is -1.79. The van der Waals surface area contributed by atoms with E-state index in [-0.39, 0.29) is 23.3 Å². The van der Waals surface area contributed by atoms with Gasteiger partial charge in [-0.25, -0.2) is 0 Å². The molecular weight excluding hydrogens is 298 g/mol. The van der Waals surface area contributed by atoms with Crippen LogP contribution in [0.3, 0.4) is 0 Å². The second-order valence-corrected chi connectivity index (χ2v) is 5.46. The first kappa shape index (κ1) is 16.6. The van der Waals surface area contributed by atoms with Crippen LogP contribution in [-0.2, 0) is 9.59 Å². The van der Waals surface area contributed by atoms with E-state index in [0.717, 1.165) is 19.6 Å². The molecule has 2 rings (SSSR count). The lowest BCUT2D eigenvalue weighted by Gasteiger charge is -2.36. The van der Waals surface area contributed by atoms with Crippen molar-refractivity contribution in [1.29, 1.82) is 0 Å². The van der Waals surface area contributed by atoms with Crippen LogP contribution in [-0.4, -0.2) is 52.9 Å². The number of para-hydroxylation sites is 1. The van der Waals surface area contributed by atoms with Crippen molar-refractivity contribution in [3.05, 3.63) is 30.3 Å². The van der Waals surface area contributed by atoms with Gasteiger partial charge in [0.2, 0.25) is 11.8 Å². The highest BCUT2D eigenvalue weighted by Crippen LogP contribution is 2.21. The number of rotatable bonds is 6. The van der Waals surface area contributed by atoms with E-state index in [2.05, 4.69) is 18.7 Å². The van der Waals surface area contributed by atoms with Crippen molar-refractivity contribution >= 4 is 34.8 Å². The smallest absolute Gasteiger partial charge is 0.242 e. The maximum atomic E-state index is 12.2. The quantitative estimate of drug-likeness (QED) is 0.593. The zero-order valence-electron chi connectivity index (χ0n) is 13.0. The van der Waals surface area contributed by atoms with Gasteiger partial charge in [-0.2, -0.15) is 0 Å². The molecular formula is C16H21N3O2S. The molecule has 1 aromatic carbocycles. The topological polar surface area (TPSA) is 43.9 Å². The fourth-order valence-corrected chi connectivity index (χ4v) is 2.87. The van der Waals surface area contributed by atoms with E-state index in [0.29, 0.717) is 12.2 Å². The molecule has 1 heterocycles.